The first-order valence-electron chi connectivity index (χ1n) is 7.85. The standard InChI is InChI=1S/C17H25NO2/c1-12-6-8-13(9-7-12)16(18-2)14-4-3-5-15-17(14)20-11-10-19-15/h3-5,12-13,16,18H,6-11H2,1-2H3. The first-order chi connectivity index (χ1) is 9.79. The van der Waals surface area contributed by atoms with E-state index in [2.05, 4.69) is 31.4 Å². The third-order valence-electron chi connectivity index (χ3n) is 4.77. The van der Waals surface area contributed by atoms with Gasteiger partial charge in [0.05, 0.1) is 0 Å². The average molecular weight is 275 g/mol. The summed E-state index contributed by atoms with van der Waals surface area (Å²) in [5.74, 6) is 3.44. The van der Waals surface area contributed by atoms with Crippen molar-refractivity contribution in [2.24, 2.45) is 11.8 Å². The van der Waals surface area contributed by atoms with E-state index in [0.717, 1.165) is 17.4 Å². The van der Waals surface area contributed by atoms with Gasteiger partial charge >= 0.3 is 0 Å². The number of nitrogens with one attached hydrogen (secondary N) is 1. The molecule has 0 spiro atoms. The number of para-hydroxylation sites is 1. The monoisotopic (exact) mass is 275 g/mol. The van der Waals surface area contributed by atoms with E-state index in [9.17, 15) is 0 Å². The molecule has 0 amide bonds. The van der Waals surface area contributed by atoms with Gasteiger partial charge in [0.15, 0.2) is 11.5 Å². The fourth-order valence-electron chi connectivity index (χ4n) is 3.61. The normalized spacial score (nSPS) is 27.1. The van der Waals surface area contributed by atoms with Crippen molar-refractivity contribution in [3.63, 3.8) is 0 Å². The Kier molecular flexibility index (Phi) is 4.16. The Labute approximate surface area is 121 Å². The minimum absolute atomic E-state index is 0.374. The Hall–Kier alpha value is -1.22. The van der Waals surface area contributed by atoms with Crippen molar-refractivity contribution in [1.82, 2.24) is 5.32 Å². The van der Waals surface area contributed by atoms with Gasteiger partial charge in [-0.25, -0.2) is 0 Å². The summed E-state index contributed by atoms with van der Waals surface area (Å²) >= 11 is 0. The summed E-state index contributed by atoms with van der Waals surface area (Å²) < 4.78 is 11.6. The zero-order chi connectivity index (χ0) is 13.9. The molecule has 3 heteroatoms. The van der Waals surface area contributed by atoms with Crippen molar-refractivity contribution in [3.8, 4) is 11.5 Å². The maximum absolute atomic E-state index is 5.88. The average Bonchev–Trinajstić information content (AvgIpc) is 2.50. The van der Waals surface area contributed by atoms with Gasteiger partial charge in [-0.1, -0.05) is 31.9 Å². The second-order valence-corrected chi connectivity index (χ2v) is 6.16. The summed E-state index contributed by atoms with van der Waals surface area (Å²) in [7, 11) is 2.06. The Morgan fingerprint density at radius 2 is 1.85 bits per heavy atom. The Morgan fingerprint density at radius 3 is 2.60 bits per heavy atom. The number of hydrogen-bond donors (Lipinski definition) is 1. The van der Waals surface area contributed by atoms with Gasteiger partial charge < -0.3 is 14.8 Å². The van der Waals surface area contributed by atoms with Crippen LogP contribution in [0.1, 0.15) is 44.2 Å². The number of ether oxygens (including phenoxy) is 2. The molecule has 1 aliphatic heterocycles. The van der Waals surface area contributed by atoms with E-state index in [1.54, 1.807) is 0 Å². The molecule has 1 fully saturated rings. The molecule has 1 N–H and O–H groups in total. The molecule has 1 aromatic carbocycles. The van der Waals surface area contributed by atoms with Crippen molar-refractivity contribution < 1.29 is 9.47 Å². The van der Waals surface area contributed by atoms with E-state index in [-0.39, 0.29) is 0 Å². The molecule has 1 aliphatic carbocycles. The predicted octanol–water partition coefficient (Wildman–Crippen LogP) is 3.54. The van der Waals surface area contributed by atoms with Gasteiger partial charge in [0, 0.05) is 11.6 Å². The Bertz CT molecular complexity index is 452. The van der Waals surface area contributed by atoms with Gasteiger partial charge in [0.1, 0.15) is 13.2 Å². The van der Waals surface area contributed by atoms with Crippen LogP contribution in [0.4, 0.5) is 0 Å². The van der Waals surface area contributed by atoms with Crippen LogP contribution in [0.3, 0.4) is 0 Å². The summed E-state index contributed by atoms with van der Waals surface area (Å²) in [6.45, 7) is 3.68. The van der Waals surface area contributed by atoms with Crippen LogP contribution in [0.2, 0.25) is 0 Å². The Morgan fingerprint density at radius 1 is 1.10 bits per heavy atom. The van der Waals surface area contributed by atoms with Gasteiger partial charge in [-0.3, -0.25) is 0 Å². The third kappa shape index (κ3) is 2.64. The largest absolute Gasteiger partial charge is 0.486 e. The minimum Gasteiger partial charge on any atom is -0.486 e. The van der Waals surface area contributed by atoms with E-state index in [0.29, 0.717) is 25.2 Å². The summed E-state index contributed by atoms with van der Waals surface area (Å²) in [5, 5.41) is 3.52. The third-order valence-corrected chi connectivity index (χ3v) is 4.77. The lowest BCUT2D eigenvalue weighted by atomic mass is 9.77. The highest BCUT2D eigenvalue weighted by molar-refractivity contribution is 5.49. The van der Waals surface area contributed by atoms with Crippen LogP contribution in [0, 0.1) is 11.8 Å². The predicted molar refractivity (Wildman–Crippen MR) is 80.4 cm³/mol. The number of rotatable bonds is 3. The van der Waals surface area contributed by atoms with Crippen molar-refractivity contribution in [1.29, 1.82) is 0 Å². The molecule has 1 aromatic rings. The molecule has 0 bridgehead atoms. The molecular weight excluding hydrogens is 250 g/mol. The Balaban J connectivity index is 1.86. The lowest BCUT2D eigenvalue weighted by Crippen LogP contribution is -2.29. The van der Waals surface area contributed by atoms with Gasteiger partial charge in [-0.2, -0.15) is 0 Å². The second kappa shape index (κ2) is 6.04. The molecule has 3 nitrogen and oxygen atoms in total. The highest BCUT2D eigenvalue weighted by Crippen LogP contribution is 2.43. The number of fused-ring (bicyclic) bond motifs is 1. The van der Waals surface area contributed by atoms with Crippen LogP contribution in [-0.4, -0.2) is 20.3 Å². The van der Waals surface area contributed by atoms with Gasteiger partial charge in [-0.15, -0.1) is 0 Å². The maximum atomic E-state index is 5.88. The molecule has 0 saturated heterocycles. The smallest absolute Gasteiger partial charge is 0.166 e. The van der Waals surface area contributed by atoms with E-state index in [1.165, 1.54) is 31.2 Å². The summed E-state index contributed by atoms with van der Waals surface area (Å²) in [6.07, 6.45) is 5.29. The van der Waals surface area contributed by atoms with Crippen molar-refractivity contribution in [2.75, 3.05) is 20.3 Å². The van der Waals surface area contributed by atoms with Gasteiger partial charge in [0.2, 0.25) is 0 Å². The zero-order valence-electron chi connectivity index (χ0n) is 12.5. The van der Waals surface area contributed by atoms with E-state index in [4.69, 9.17) is 9.47 Å². The van der Waals surface area contributed by atoms with Crippen LogP contribution in [0.25, 0.3) is 0 Å². The molecular formula is C17H25NO2. The molecule has 2 aliphatic rings. The van der Waals surface area contributed by atoms with Crippen molar-refractivity contribution in [3.05, 3.63) is 23.8 Å². The first-order valence-corrected chi connectivity index (χ1v) is 7.85. The zero-order valence-corrected chi connectivity index (χ0v) is 12.5. The van der Waals surface area contributed by atoms with Gasteiger partial charge in [0.25, 0.3) is 0 Å². The molecule has 3 rings (SSSR count). The number of hydrogen-bond acceptors (Lipinski definition) is 3. The van der Waals surface area contributed by atoms with E-state index < -0.39 is 0 Å². The van der Waals surface area contributed by atoms with Crippen LogP contribution in [0.5, 0.6) is 11.5 Å². The van der Waals surface area contributed by atoms with Gasteiger partial charge in [-0.05, 0) is 37.8 Å². The van der Waals surface area contributed by atoms with E-state index in [1.807, 2.05) is 6.07 Å². The van der Waals surface area contributed by atoms with Crippen molar-refractivity contribution in [2.45, 2.75) is 38.6 Å². The molecule has 1 unspecified atom stereocenters. The fourth-order valence-corrected chi connectivity index (χ4v) is 3.61. The highest BCUT2D eigenvalue weighted by atomic mass is 16.6. The minimum atomic E-state index is 0.374. The summed E-state index contributed by atoms with van der Waals surface area (Å²) in [5.41, 5.74) is 1.27. The number of benzene rings is 1. The van der Waals surface area contributed by atoms with Crippen LogP contribution >= 0.6 is 0 Å². The topological polar surface area (TPSA) is 30.5 Å². The molecule has 0 aromatic heterocycles. The SMILES string of the molecule is CNC(c1cccc2c1OCCO2)C1CCC(C)CC1. The summed E-state index contributed by atoms with van der Waals surface area (Å²) in [6, 6.07) is 6.65. The van der Waals surface area contributed by atoms with Crippen LogP contribution < -0.4 is 14.8 Å². The van der Waals surface area contributed by atoms with E-state index >= 15 is 0 Å². The molecule has 20 heavy (non-hydrogen) atoms. The lowest BCUT2D eigenvalue weighted by molar-refractivity contribution is 0.164. The van der Waals surface area contributed by atoms with Crippen LogP contribution in [-0.2, 0) is 0 Å². The first kappa shape index (κ1) is 13.7. The van der Waals surface area contributed by atoms with Crippen molar-refractivity contribution >= 4 is 0 Å². The molecule has 1 heterocycles. The molecule has 1 atom stereocenters. The molecule has 1 saturated carbocycles. The quantitative estimate of drug-likeness (QED) is 0.915. The van der Waals surface area contributed by atoms with Crippen LogP contribution in [0.15, 0.2) is 18.2 Å². The lowest BCUT2D eigenvalue weighted by Gasteiger charge is -2.34. The molecule has 0 radical (unpaired) electrons. The molecule has 110 valence electrons. The highest BCUT2D eigenvalue weighted by Gasteiger charge is 2.29. The fraction of sp³-hybridized carbons (Fsp3) is 0.647. The second-order valence-electron chi connectivity index (χ2n) is 6.16. The maximum Gasteiger partial charge on any atom is 0.166 e. The summed E-state index contributed by atoms with van der Waals surface area (Å²) in [4.78, 5) is 0.